The molecule has 4 aromatic carbocycles. The van der Waals surface area contributed by atoms with Crippen molar-refractivity contribution < 1.29 is 14.2 Å². The second-order valence-corrected chi connectivity index (χ2v) is 7.75. The minimum Gasteiger partial charge on any atom is -0.497 e. The molecule has 0 aliphatic heterocycles. The third-order valence-electron chi connectivity index (χ3n) is 6.06. The Hall–Kier alpha value is -3.72. The van der Waals surface area contributed by atoms with Gasteiger partial charge in [0.2, 0.25) is 0 Å². The maximum absolute atomic E-state index is 5.44. The molecule has 0 unspecified atom stereocenters. The topological polar surface area (TPSA) is 27.7 Å². The molecule has 0 aromatic heterocycles. The molecule has 4 rings (SSSR count). The van der Waals surface area contributed by atoms with Gasteiger partial charge in [-0.2, -0.15) is 0 Å². The van der Waals surface area contributed by atoms with Crippen LogP contribution in [0.4, 0.5) is 0 Å². The Balaban J connectivity index is 1.98. The first-order valence-electron chi connectivity index (χ1n) is 10.7. The van der Waals surface area contributed by atoms with Gasteiger partial charge in [-0.25, -0.2) is 0 Å². The fraction of sp³-hybridized carbons (Fsp3) is 0.172. The second-order valence-electron chi connectivity index (χ2n) is 7.75. The summed E-state index contributed by atoms with van der Waals surface area (Å²) >= 11 is 0. The predicted molar refractivity (Wildman–Crippen MR) is 129 cm³/mol. The fourth-order valence-electron chi connectivity index (χ4n) is 4.33. The molecular weight excluding hydrogens is 396 g/mol. The Bertz CT molecular complexity index is 1000. The first-order chi connectivity index (χ1) is 15.7. The second kappa shape index (κ2) is 9.61. The average molecular weight is 425 g/mol. The summed E-state index contributed by atoms with van der Waals surface area (Å²) in [5, 5.41) is 0. The van der Waals surface area contributed by atoms with Crippen LogP contribution in [0.15, 0.2) is 103 Å². The van der Waals surface area contributed by atoms with Crippen molar-refractivity contribution in [2.75, 3.05) is 21.3 Å². The number of ether oxygens (including phenoxy) is 3. The number of hydrogen-bond donors (Lipinski definition) is 0. The largest absolute Gasteiger partial charge is 0.497 e. The molecule has 0 saturated carbocycles. The Morgan fingerprint density at radius 3 is 1.12 bits per heavy atom. The Morgan fingerprint density at radius 1 is 0.469 bits per heavy atom. The lowest BCUT2D eigenvalue weighted by atomic mass is 9.66. The third-order valence-corrected chi connectivity index (χ3v) is 6.06. The smallest absolute Gasteiger partial charge is 0.118 e. The van der Waals surface area contributed by atoms with Crippen LogP contribution in [-0.4, -0.2) is 21.3 Å². The fourth-order valence-corrected chi connectivity index (χ4v) is 4.33. The van der Waals surface area contributed by atoms with Gasteiger partial charge in [-0.05, 0) is 65.1 Å². The lowest BCUT2D eigenvalue weighted by Gasteiger charge is -2.36. The summed E-state index contributed by atoms with van der Waals surface area (Å²) in [5.74, 6) is 2.52. The molecule has 0 saturated heterocycles. The molecule has 4 aromatic rings. The molecule has 0 bridgehead atoms. The van der Waals surface area contributed by atoms with E-state index in [0.29, 0.717) is 0 Å². The van der Waals surface area contributed by atoms with Crippen molar-refractivity contribution in [3.05, 3.63) is 125 Å². The highest BCUT2D eigenvalue weighted by molar-refractivity contribution is 5.54. The zero-order chi connectivity index (χ0) is 22.4. The van der Waals surface area contributed by atoms with Crippen LogP contribution in [0.25, 0.3) is 0 Å². The molecule has 0 atom stereocenters. The molecule has 0 fully saturated rings. The lowest BCUT2D eigenvalue weighted by Crippen LogP contribution is -2.32. The van der Waals surface area contributed by atoms with E-state index >= 15 is 0 Å². The first-order valence-corrected chi connectivity index (χ1v) is 10.7. The zero-order valence-corrected chi connectivity index (χ0v) is 18.7. The molecule has 0 aliphatic rings. The van der Waals surface area contributed by atoms with Crippen LogP contribution in [-0.2, 0) is 11.8 Å². The lowest BCUT2D eigenvalue weighted by molar-refractivity contribution is 0.413. The van der Waals surface area contributed by atoms with E-state index < -0.39 is 5.41 Å². The van der Waals surface area contributed by atoms with Crippen LogP contribution >= 0.6 is 0 Å². The molecule has 0 amide bonds. The summed E-state index contributed by atoms with van der Waals surface area (Å²) in [4.78, 5) is 0. The van der Waals surface area contributed by atoms with Gasteiger partial charge in [-0.3, -0.25) is 0 Å². The van der Waals surface area contributed by atoms with Crippen LogP contribution < -0.4 is 14.2 Å². The average Bonchev–Trinajstić information content (AvgIpc) is 2.88. The summed E-state index contributed by atoms with van der Waals surface area (Å²) in [6.45, 7) is 0. The van der Waals surface area contributed by atoms with Gasteiger partial charge in [0.1, 0.15) is 17.2 Å². The van der Waals surface area contributed by atoms with Gasteiger partial charge in [0.05, 0.1) is 21.3 Å². The number of benzene rings is 4. The minimum absolute atomic E-state index is 0.411. The van der Waals surface area contributed by atoms with E-state index in [4.69, 9.17) is 14.2 Å². The third kappa shape index (κ3) is 4.19. The summed E-state index contributed by atoms with van der Waals surface area (Å²) in [6.07, 6.45) is 0.804. The maximum atomic E-state index is 5.44. The summed E-state index contributed by atoms with van der Waals surface area (Å²) in [7, 11) is 5.08. The number of hydrogen-bond acceptors (Lipinski definition) is 3. The van der Waals surface area contributed by atoms with Crippen molar-refractivity contribution in [3.63, 3.8) is 0 Å². The van der Waals surface area contributed by atoms with Crippen molar-refractivity contribution in [2.24, 2.45) is 0 Å². The summed E-state index contributed by atoms with van der Waals surface area (Å²) in [5.41, 5.74) is 4.43. The molecule has 0 N–H and O–H groups in total. The molecule has 3 heteroatoms. The highest BCUT2D eigenvalue weighted by Gasteiger charge is 2.36. The van der Waals surface area contributed by atoms with Gasteiger partial charge in [0.25, 0.3) is 0 Å². The molecule has 0 aliphatic carbocycles. The van der Waals surface area contributed by atoms with E-state index in [9.17, 15) is 0 Å². The van der Waals surface area contributed by atoms with Gasteiger partial charge < -0.3 is 14.2 Å². The first kappa shape index (κ1) is 21.5. The van der Waals surface area contributed by atoms with Crippen molar-refractivity contribution in [1.82, 2.24) is 0 Å². The standard InChI is InChI=1S/C29H28O3/c1-30-26-15-9-23(10-16-26)29(21-22-7-5-4-6-8-22,24-11-17-27(31-2)18-12-24)25-13-19-28(32-3)20-14-25/h4-20H,21H2,1-3H3. The highest BCUT2D eigenvalue weighted by Crippen LogP contribution is 2.43. The van der Waals surface area contributed by atoms with E-state index in [1.54, 1.807) is 21.3 Å². The molecule has 0 heterocycles. The van der Waals surface area contributed by atoms with Crippen LogP contribution in [0.3, 0.4) is 0 Å². The summed E-state index contributed by atoms with van der Waals surface area (Å²) in [6, 6.07) is 35.8. The molecule has 0 radical (unpaired) electrons. The van der Waals surface area contributed by atoms with E-state index in [1.807, 2.05) is 36.4 Å². The molecule has 162 valence electrons. The molecular formula is C29H28O3. The minimum atomic E-state index is -0.411. The van der Waals surface area contributed by atoms with Crippen LogP contribution in [0.1, 0.15) is 22.3 Å². The van der Waals surface area contributed by atoms with Gasteiger partial charge >= 0.3 is 0 Å². The van der Waals surface area contributed by atoms with Crippen molar-refractivity contribution in [2.45, 2.75) is 11.8 Å². The highest BCUT2D eigenvalue weighted by atomic mass is 16.5. The summed E-state index contributed by atoms with van der Waals surface area (Å²) < 4.78 is 16.3. The number of rotatable bonds is 8. The number of methoxy groups -OCH3 is 3. The van der Waals surface area contributed by atoms with Gasteiger partial charge in [0, 0.05) is 5.41 Å². The van der Waals surface area contributed by atoms with E-state index in [-0.39, 0.29) is 0 Å². The van der Waals surface area contributed by atoms with Crippen molar-refractivity contribution in [1.29, 1.82) is 0 Å². The Labute approximate surface area is 190 Å². The van der Waals surface area contributed by atoms with E-state index in [2.05, 4.69) is 66.7 Å². The van der Waals surface area contributed by atoms with Gasteiger partial charge in [0.15, 0.2) is 0 Å². The van der Waals surface area contributed by atoms with Crippen molar-refractivity contribution >= 4 is 0 Å². The van der Waals surface area contributed by atoms with Crippen molar-refractivity contribution in [3.8, 4) is 17.2 Å². The molecule has 3 nitrogen and oxygen atoms in total. The molecule has 0 spiro atoms. The SMILES string of the molecule is COc1ccc(C(Cc2ccccc2)(c2ccc(OC)cc2)c2ccc(OC)cc2)cc1. The predicted octanol–water partition coefficient (Wildman–Crippen LogP) is 6.29. The Kier molecular flexibility index (Phi) is 6.46. The normalized spacial score (nSPS) is 11.1. The van der Waals surface area contributed by atoms with Gasteiger partial charge in [-0.15, -0.1) is 0 Å². The van der Waals surface area contributed by atoms with Crippen LogP contribution in [0.5, 0.6) is 17.2 Å². The Morgan fingerprint density at radius 2 is 0.812 bits per heavy atom. The van der Waals surface area contributed by atoms with E-state index in [1.165, 1.54) is 22.3 Å². The van der Waals surface area contributed by atoms with Crippen LogP contribution in [0.2, 0.25) is 0 Å². The monoisotopic (exact) mass is 424 g/mol. The quantitative estimate of drug-likeness (QED) is 0.311. The zero-order valence-electron chi connectivity index (χ0n) is 18.7. The maximum Gasteiger partial charge on any atom is 0.118 e. The van der Waals surface area contributed by atoms with Gasteiger partial charge in [-0.1, -0.05) is 66.7 Å². The van der Waals surface area contributed by atoms with E-state index in [0.717, 1.165) is 23.7 Å². The van der Waals surface area contributed by atoms with Crippen LogP contribution in [0, 0.1) is 0 Å². The molecule has 32 heavy (non-hydrogen) atoms.